The fraction of sp³-hybridized carbons (Fsp3) is 0.185. The molecule has 0 radical (unpaired) electrons. The number of thioether (sulfide) groups is 1. The van der Waals surface area contributed by atoms with E-state index in [9.17, 15) is 14.7 Å². The van der Waals surface area contributed by atoms with E-state index in [1.54, 1.807) is 29.6 Å². The molecule has 1 unspecified atom stereocenters. The first kappa shape index (κ1) is 25.2. The molecule has 2 aromatic carbocycles. The van der Waals surface area contributed by atoms with Crippen molar-refractivity contribution in [1.82, 2.24) is 10.2 Å². The van der Waals surface area contributed by atoms with Gasteiger partial charge in [-0.2, -0.15) is 0 Å². The molecule has 0 fully saturated rings. The van der Waals surface area contributed by atoms with Gasteiger partial charge in [0.2, 0.25) is 10.9 Å². The summed E-state index contributed by atoms with van der Waals surface area (Å²) in [5.41, 5.74) is 1.84. The highest BCUT2D eigenvalue weighted by Crippen LogP contribution is 2.44. The SMILES string of the molecule is CCCOc1ccc(C2C(C(=O)c3cccs3)=C(O)C(=O)N2c2nnc(SCc3ccccc3)s2)cc1. The Hall–Kier alpha value is -3.47. The lowest BCUT2D eigenvalue weighted by molar-refractivity contribution is -0.117. The molecule has 1 amide bonds. The third kappa shape index (κ3) is 5.31. The first-order valence-corrected chi connectivity index (χ1v) is 14.3. The van der Waals surface area contributed by atoms with Gasteiger partial charge in [0.05, 0.1) is 23.1 Å². The van der Waals surface area contributed by atoms with Crippen LogP contribution in [0, 0.1) is 0 Å². The van der Waals surface area contributed by atoms with Gasteiger partial charge in [-0.1, -0.05) is 78.6 Å². The Balaban J connectivity index is 1.48. The molecule has 1 atom stereocenters. The van der Waals surface area contributed by atoms with Crippen molar-refractivity contribution >= 4 is 51.3 Å². The lowest BCUT2D eigenvalue weighted by Gasteiger charge is -2.24. The van der Waals surface area contributed by atoms with Gasteiger partial charge in [0.25, 0.3) is 5.91 Å². The molecule has 10 heteroatoms. The molecule has 1 N–H and O–H groups in total. The minimum atomic E-state index is -0.845. The summed E-state index contributed by atoms with van der Waals surface area (Å²) in [5.74, 6) is -0.230. The summed E-state index contributed by atoms with van der Waals surface area (Å²) in [4.78, 5) is 28.6. The van der Waals surface area contributed by atoms with Crippen LogP contribution in [0.25, 0.3) is 0 Å². The first-order chi connectivity index (χ1) is 18.1. The van der Waals surface area contributed by atoms with Gasteiger partial charge in [0.1, 0.15) is 5.75 Å². The highest BCUT2D eigenvalue weighted by atomic mass is 32.2. The maximum atomic E-state index is 13.4. The van der Waals surface area contributed by atoms with E-state index in [1.807, 2.05) is 49.4 Å². The number of aliphatic hydroxyl groups is 1. The molecule has 4 aromatic rings. The van der Waals surface area contributed by atoms with E-state index in [0.717, 1.165) is 12.0 Å². The second kappa shape index (κ2) is 11.3. The molecule has 0 aliphatic carbocycles. The van der Waals surface area contributed by atoms with Crippen molar-refractivity contribution < 1.29 is 19.4 Å². The van der Waals surface area contributed by atoms with Crippen LogP contribution >= 0.6 is 34.4 Å². The van der Waals surface area contributed by atoms with Crippen LogP contribution in [0.4, 0.5) is 5.13 Å². The Morgan fingerprint density at radius 3 is 2.57 bits per heavy atom. The summed E-state index contributed by atoms with van der Waals surface area (Å²) >= 11 is 4.03. The van der Waals surface area contributed by atoms with Crippen LogP contribution in [0.3, 0.4) is 0 Å². The molecule has 0 bridgehead atoms. The third-order valence-electron chi connectivity index (χ3n) is 5.67. The van der Waals surface area contributed by atoms with Gasteiger partial charge in [0, 0.05) is 5.75 Å². The monoisotopic (exact) mass is 549 g/mol. The van der Waals surface area contributed by atoms with E-state index in [4.69, 9.17) is 4.74 Å². The number of rotatable bonds is 10. The van der Waals surface area contributed by atoms with Gasteiger partial charge in [-0.15, -0.1) is 21.5 Å². The van der Waals surface area contributed by atoms with E-state index < -0.39 is 17.7 Å². The molecule has 3 heterocycles. The summed E-state index contributed by atoms with van der Waals surface area (Å²) in [5, 5.41) is 21.6. The van der Waals surface area contributed by atoms with E-state index >= 15 is 0 Å². The summed E-state index contributed by atoms with van der Waals surface area (Å²) < 4.78 is 6.38. The third-order valence-corrected chi connectivity index (χ3v) is 8.67. The van der Waals surface area contributed by atoms with E-state index in [-0.39, 0.29) is 11.4 Å². The number of carbonyl (C=O) groups excluding carboxylic acids is 2. The number of anilines is 1. The highest BCUT2D eigenvalue weighted by molar-refractivity contribution is 8.00. The van der Waals surface area contributed by atoms with Crippen molar-refractivity contribution in [3.05, 3.63) is 99.4 Å². The normalized spacial score (nSPS) is 15.4. The van der Waals surface area contributed by atoms with Crippen LogP contribution in [0.15, 0.2) is 87.8 Å². The average molecular weight is 550 g/mol. The second-order valence-corrected chi connectivity index (χ2v) is 11.3. The topological polar surface area (TPSA) is 92.6 Å². The van der Waals surface area contributed by atoms with Gasteiger partial charge >= 0.3 is 0 Å². The smallest absolute Gasteiger partial charge is 0.296 e. The number of amides is 1. The van der Waals surface area contributed by atoms with E-state index in [2.05, 4.69) is 10.2 Å². The van der Waals surface area contributed by atoms with E-state index in [0.29, 0.717) is 38.0 Å². The molecule has 37 heavy (non-hydrogen) atoms. The van der Waals surface area contributed by atoms with Crippen molar-refractivity contribution in [3.63, 3.8) is 0 Å². The predicted octanol–water partition coefficient (Wildman–Crippen LogP) is 6.46. The molecule has 0 spiro atoms. The fourth-order valence-electron chi connectivity index (χ4n) is 3.93. The predicted molar refractivity (Wildman–Crippen MR) is 147 cm³/mol. The lowest BCUT2D eigenvalue weighted by Crippen LogP contribution is -2.31. The molecule has 2 aromatic heterocycles. The Morgan fingerprint density at radius 2 is 1.86 bits per heavy atom. The molecule has 188 valence electrons. The van der Waals surface area contributed by atoms with Crippen LogP contribution in [0.5, 0.6) is 5.75 Å². The summed E-state index contributed by atoms with van der Waals surface area (Å²) in [7, 11) is 0. The number of aliphatic hydroxyl groups excluding tert-OH is 1. The molecule has 1 aliphatic rings. The molecule has 5 rings (SSSR count). The Bertz CT molecular complexity index is 1420. The number of nitrogens with zero attached hydrogens (tertiary/aromatic N) is 3. The van der Waals surface area contributed by atoms with Crippen LogP contribution < -0.4 is 9.64 Å². The Morgan fingerprint density at radius 1 is 1.08 bits per heavy atom. The number of hydrogen-bond donors (Lipinski definition) is 1. The van der Waals surface area contributed by atoms with Crippen molar-refractivity contribution in [2.75, 3.05) is 11.5 Å². The standard InChI is InChI=1S/C27H23N3O4S3/c1-2-14-34-19-12-10-18(11-13-19)22-21(23(31)20-9-6-15-35-20)24(32)25(33)30(22)26-28-29-27(37-26)36-16-17-7-4-3-5-8-17/h3-13,15,22,32H,2,14,16H2,1H3. The van der Waals surface area contributed by atoms with Gasteiger partial charge in [-0.25, -0.2) is 0 Å². The quantitative estimate of drug-likeness (QED) is 0.138. The number of ketones is 1. The minimum Gasteiger partial charge on any atom is -0.503 e. The second-order valence-electron chi connectivity index (χ2n) is 8.19. The number of ether oxygens (including phenoxy) is 1. The highest BCUT2D eigenvalue weighted by Gasteiger charge is 2.46. The summed E-state index contributed by atoms with van der Waals surface area (Å²) in [6.45, 7) is 2.62. The average Bonchev–Trinajstić information content (AvgIpc) is 3.68. The molecule has 0 saturated carbocycles. The van der Waals surface area contributed by atoms with Crippen LogP contribution in [0.1, 0.15) is 40.2 Å². The van der Waals surface area contributed by atoms with Crippen molar-refractivity contribution in [2.24, 2.45) is 0 Å². The molecule has 0 saturated heterocycles. The van der Waals surface area contributed by atoms with Crippen LogP contribution in [-0.4, -0.2) is 33.6 Å². The van der Waals surface area contributed by atoms with Crippen molar-refractivity contribution in [3.8, 4) is 5.75 Å². The number of carbonyl (C=O) groups is 2. The molecule has 1 aliphatic heterocycles. The number of aromatic nitrogens is 2. The van der Waals surface area contributed by atoms with Crippen molar-refractivity contribution in [1.29, 1.82) is 0 Å². The van der Waals surface area contributed by atoms with Crippen molar-refractivity contribution in [2.45, 2.75) is 29.5 Å². The number of benzene rings is 2. The summed E-state index contributed by atoms with van der Waals surface area (Å²) in [6, 6.07) is 19.8. The number of hydrogen-bond acceptors (Lipinski definition) is 9. The van der Waals surface area contributed by atoms with Crippen LogP contribution in [-0.2, 0) is 10.5 Å². The molecular formula is C27H23N3O4S3. The summed E-state index contributed by atoms with van der Waals surface area (Å²) in [6.07, 6.45) is 0.879. The van der Waals surface area contributed by atoms with Crippen LogP contribution in [0.2, 0.25) is 0 Å². The maximum Gasteiger partial charge on any atom is 0.296 e. The maximum absolute atomic E-state index is 13.4. The van der Waals surface area contributed by atoms with E-state index in [1.165, 1.54) is 39.3 Å². The van der Waals surface area contributed by atoms with Gasteiger partial charge in [-0.05, 0) is 41.1 Å². The zero-order valence-electron chi connectivity index (χ0n) is 19.9. The minimum absolute atomic E-state index is 0.0309. The van der Waals surface area contributed by atoms with Gasteiger partial charge in [0.15, 0.2) is 10.1 Å². The Kier molecular flexibility index (Phi) is 7.68. The van der Waals surface area contributed by atoms with Gasteiger partial charge in [-0.3, -0.25) is 14.5 Å². The van der Waals surface area contributed by atoms with Gasteiger partial charge < -0.3 is 9.84 Å². The Labute approximate surface area is 226 Å². The molecular weight excluding hydrogens is 527 g/mol. The lowest BCUT2D eigenvalue weighted by atomic mass is 9.95. The number of Topliss-reactive ketones (excluding diaryl/α,β-unsaturated/α-hetero) is 1. The molecule has 7 nitrogen and oxygen atoms in total. The number of thiophene rings is 1. The zero-order valence-corrected chi connectivity index (χ0v) is 22.3. The first-order valence-electron chi connectivity index (χ1n) is 11.6. The fourth-order valence-corrected chi connectivity index (χ4v) is 6.44. The largest absolute Gasteiger partial charge is 0.503 e. The zero-order chi connectivity index (χ0) is 25.8.